The standard InChI is InChI=1S/C25H27N5O2/c1-16-15-29(22-14-21(27-28-24(22)26)18-9-5-6-10-23(18)31)11-12-30(16)25(32)20-13-19(20)17-7-3-2-4-8-17/h2-10,14,16,19-20,31H,11-13,15H2,1H3,(H2,26,28). The van der Waals surface area contributed by atoms with E-state index in [9.17, 15) is 9.90 Å². The number of phenolic OH excluding ortho intramolecular Hbond substituents is 1. The van der Waals surface area contributed by atoms with Gasteiger partial charge in [-0.1, -0.05) is 42.5 Å². The van der Waals surface area contributed by atoms with Crippen LogP contribution < -0.4 is 10.6 Å². The van der Waals surface area contributed by atoms with Gasteiger partial charge in [0.2, 0.25) is 5.91 Å². The first kappa shape index (κ1) is 20.3. The number of nitrogens with two attached hydrogens (primary N) is 1. The Morgan fingerprint density at radius 3 is 2.56 bits per heavy atom. The van der Waals surface area contributed by atoms with Crippen molar-refractivity contribution in [3.63, 3.8) is 0 Å². The number of aromatic nitrogens is 2. The van der Waals surface area contributed by atoms with Crippen LogP contribution in [0.5, 0.6) is 5.75 Å². The number of para-hydroxylation sites is 1. The smallest absolute Gasteiger partial charge is 0.226 e. The number of nitrogen functional groups attached to an aromatic ring is 1. The van der Waals surface area contributed by atoms with Gasteiger partial charge in [-0.3, -0.25) is 4.79 Å². The second-order valence-electron chi connectivity index (χ2n) is 8.70. The van der Waals surface area contributed by atoms with Crippen molar-refractivity contribution >= 4 is 17.4 Å². The Balaban J connectivity index is 1.29. The Bertz CT molecular complexity index is 1140. The Morgan fingerprint density at radius 2 is 1.81 bits per heavy atom. The fourth-order valence-corrected chi connectivity index (χ4v) is 4.72. The predicted molar refractivity (Wildman–Crippen MR) is 124 cm³/mol. The highest BCUT2D eigenvalue weighted by Gasteiger charge is 2.47. The highest BCUT2D eigenvalue weighted by Crippen LogP contribution is 2.48. The fraction of sp³-hybridized carbons (Fsp3) is 0.320. The van der Waals surface area contributed by atoms with Crippen molar-refractivity contribution in [2.24, 2.45) is 5.92 Å². The maximum atomic E-state index is 13.2. The van der Waals surface area contributed by atoms with Crippen molar-refractivity contribution < 1.29 is 9.90 Å². The van der Waals surface area contributed by atoms with E-state index in [4.69, 9.17) is 5.73 Å². The van der Waals surface area contributed by atoms with Crippen molar-refractivity contribution in [2.45, 2.75) is 25.3 Å². The number of rotatable bonds is 4. The zero-order valence-corrected chi connectivity index (χ0v) is 18.1. The lowest BCUT2D eigenvalue weighted by atomic mass is 10.1. The molecule has 1 saturated carbocycles. The lowest BCUT2D eigenvalue weighted by molar-refractivity contribution is -0.135. The number of carbonyl (C=O) groups is 1. The molecule has 3 N–H and O–H groups in total. The third-order valence-corrected chi connectivity index (χ3v) is 6.57. The molecule has 0 spiro atoms. The third-order valence-electron chi connectivity index (χ3n) is 6.57. The van der Waals surface area contributed by atoms with Gasteiger partial charge in [-0.15, -0.1) is 10.2 Å². The van der Waals surface area contributed by atoms with Gasteiger partial charge < -0.3 is 20.6 Å². The molecule has 3 atom stereocenters. The van der Waals surface area contributed by atoms with E-state index in [2.05, 4.69) is 34.2 Å². The Kier molecular flexibility index (Phi) is 5.17. The second kappa shape index (κ2) is 8.15. The third kappa shape index (κ3) is 3.75. The quantitative estimate of drug-likeness (QED) is 0.661. The first-order chi connectivity index (χ1) is 15.5. The van der Waals surface area contributed by atoms with E-state index in [1.165, 1.54) is 5.56 Å². The molecule has 3 unspecified atom stereocenters. The molecule has 2 fully saturated rings. The van der Waals surface area contributed by atoms with Crippen LogP contribution >= 0.6 is 0 Å². The number of piperazine rings is 1. The van der Waals surface area contributed by atoms with Gasteiger partial charge in [-0.25, -0.2) is 0 Å². The summed E-state index contributed by atoms with van der Waals surface area (Å²) in [6, 6.07) is 19.3. The lowest BCUT2D eigenvalue weighted by Gasteiger charge is -2.41. The minimum Gasteiger partial charge on any atom is -0.507 e. The first-order valence-electron chi connectivity index (χ1n) is 11.0. The number of carbonyl (C=O) groups excluding carboxylic acids is 1. The molecule has 1 amide bonds. The van der Waals surface area contributed by atoms with Crippen LogP contribution in [0.3, 0.4) is 0 Å². The minimum absolute atomic E-state index is 0.0643. The number of aromatic hydroxyl groups is 1. The SMILES string of the molecule is CC1CN(c2cc(-c3ccccc3O)nnc2N)CCN1C(=O)C1CC1c1ccccc1. The zero-order chi connectivity index (χ0) is 22.2. The van der Waals surface area contributed by atoms with Crippen molar-refractivity contribution in [3.8, 4) is 17.0 Å². The zero-order valence-electron chi connectivity index (χ0n) is 18.1. The summed E-state index contributed by atoms with van der Waals surface area (Å²) in [5, 5.41) is 18.5. The number of benzene rings is 2. The van der Waals surface area contributed by atoms with Crippen LogP contribution in [0.4, 0.5) is 11.5 Å². The molecule has 1 aliphatic carbocycles. The summed E-state index contributed by atoms with van der Waals surface area (Å²) in [5.41, 5.74) is 9.38. The van der Waals surface area contributed by atoms with Gasteiger partial charge in [0.25, 0.3) is 0 Å². The number of hydrogen-bond donors (Lipinski definition) is 2. The van der Waals surface area contributed by atoms with Crippen LogP contribution in [0.1, 0.15) is 24.8 Å². The molecule has 0 bridgehead atoms. The molecule has 1 aliphatic heterocycles. The number of amides is 1. The van der Waals surface area contributed by atoms with Gasteiger partial charge in [-0.05, 0) is 43.0 Å². The van der Waals surface area contributed by atoms with E-state index < -0.39 is 0 Å². The van der Waals surface area contributed by atoms with E-state index >= 15 is 0 Å². The maximum absolute atomic E-state index is 13.2. The van der Waals surface area contributed by atoms with E-state index in [0.29, 0.717) is 42.6 Å². The minimum atomic E-state index is 0.0643. The first-order valence-corrected chi connectivity index (χ1v) is 11.0. The van der Waals surface area contributed by atoms with Gasteiger partial charge >= 0.3 is 0 Å². The van der Waals surface area contributed by atoms with Gasteiger partial charge in [0.1, 0.15) is 5.75 Å². The molecule has 164 valence electrons. The average Bonchev–Trinajstić information content (AvgIpc) is 3.61. The molecule has 0 radical (unpaired) electrons. The number of hydrogen-bond acceptors (Lipinski definition) is 6. The van der Waals surface area contributed by atoms with Crippen LogP contribution in [-0.2, 0) is 4.79 Å². The monoisotopic (exact) mass is 429 g/mol. The highest BCUT2D eigenvalue weighted by molar-refractivity contribution is 5.84. The van der Waals surface area contributed by atoms with Gasteiger partial charge in [0.05, 0.1) is 11.4 Å². The van der Waals surface area contributed by atoms with Gasteiger partial charge in [0.15, 0.2) is 5.82 Å². The highest BCUT2D eigenvalue weighted by atomic mass is 16.3. The number of anilines is 2. The maximum Gasteiger partial charge on any atom is 0.226 e. The second-order valence-corrected chi connectivity index (χ2v) is 8.70. The summed E-state index contributed by atoms with van der Waals surface area (Å²) in [4.78, 5) is 17.3. The fourth-order valence-electron chi connectivity index (χ4n) is 4.72. The molecule has 7 nitrogen and oxygen atoms in total. The molecule has 1 saturated heterocycles. The van der Waals surface area contributed by atoms with E-state index in [0.717, 1.165) is 12.1 Å². The van der Waals surface area contributed by atoms with E-state index in [1.807, 2.05) is 35.2 Å². The number of nitrogens with zero attached hydrogens (tertiary/aromatic N) is 4. The topological polar surface area (TPSA) is 95.6 Å². The molecular formula is C25H27N5O2. The van der Waals surface area contributed by atoms with Crippen LogP contribution in [0.2, 0.25) is 0 Å². The summed E-state index contributed by atoms with van der Waals surface area (Å²) in [7, 11) is 0. The summed E-state index contributed by atoms with van der Waals surface area (Å²) in [6.07, 6.45) is 0.931. The van der Waals surface area contributed by atoms with E-state index in [1.54, 1.807) is 18.2 Å². The van der Waals surface area contributed by atoms with Crippen molar-refractivity contribution in [1.29, 1.82) is 0 Å². The Morgan fingerprint density at radius 1 is 1.06 bits per heavy atom. The van der Waals surface area contributed by atoms with Crippen LogP contribution in [0, 0.1) is 5.92 Å². The van der Waals surface area contributed by atoms with Crippen molar-refractivity contribution in [1.82, 2.24) is 15.1 Å². The lowest BCUT2D eigenvalue weighted by Crippen LogP contribution is -2.54. The Hall–Kier alpha value is -3.61. The van der Waals surface area contributed by atoms with Crippen LogP contribution in [-0.4, -0.2) is 51.8 Å². The average molecular weight is 430 g/mol. The molecule has 2 heterocycles. The van der Waals surface area contributed by atoms with Crippen LogP contribution in [0.15, 0.2) is 60.7 Å². The van der Waals surface area contributed by atoms with Gasteiger partial charge in [-0.2, -0.15) is 0 Å². The largest absolute Gasteiger partial charge is 0.507 e. The Labute approximate surface area is 187 Å². The summed E-state index contributed by atoms with van der Waals surface area (Å²) >= 11 is 0. The predicted octanol–water partition coefficient (Wildman–Crippen LogP) is 3.27. The molecule has 7 heteroatoms. The molecular weight excluding hydrogens is 402 g/mol. The molecule has 2 aliphatic rings. The molecule has 5 rings (SSSR count). The summed E-state index contributed by atoms with van der Waals surface area (Å²) in [6.45, 7) is 4.07. The molecule has 1 aromatic heterocycles. The van der Waals surface area contributed by atoms with Gasteiger partial charge in [0, 0.05) is 37.2 Å². The van der Waals surface area contributed by atoms with Crippen LogP contribution in [0.25, 0.3) is 11.3 Å². The molecule has 32 heavy (non-hydrogen) atoms. The molecule has 3 aromatic rings. The van der Waals surface area contributed by atoms with E-state index in [-0.39, 0.29) is 23.6 Å². The summed E-state index contributed by atoms with van der Waals surface area (Å²) < 4.78 is 0. The number of phenols is 1. The molecule has 2 aromatic carbocycles. The van der Waals surface area contributed by atoms with Crippen molar-refractivity contribution in [3.05, 3.63) is 66.2 Å². The summed E-state index contributed by atoms with van der Waals surface area (Å²) in [5.74, 6) is 1.18. The van der Waals surface area contributed by atoms with Crippen molar-refractivity contribution in [2.75, 3.05) is 30.3 Å². The normalized spacial score (nSPS) is 22.6.